The summed E-state index contributed by atoms with van der Waals surface area (Å²) in [5, 5.41) is 2.81. The summed E-state index contributed by atoms with van der Waals surface area (Å²) in [4.78, 5) is 16.2. The average molecular weight is 338 g/mol. The standard InChI is InChI=1S/C13H11IN2O/c1-9-5-4-8-15-12(9)16-13(17)10-6-2-3-7-11(10)14/h2-8H,1H3,(H,15,16,17). The fourth-order valence-electron chi connectivity index (χ4n) is 1.44. The molecule has 86 valence electrons. The second kappa shape index (κ2) is 5.27. The van der Waals surface area contributed by atoms with Gasteiger partial charge in [0.2, 0.25) is 0 Å². The molecule has 0 radical (unpaired) electrons. The Bertz CT molecular complexity index is 555. The maximum absolute atomic E-state index is 12.0. The van der Waals surface area contributed by atoms with Gasteiger partial charge in [-0.1, -0.05) is 18.2 Å². The Labute approximate surface area is 113 Å². The van der Waals surface area contributed by atoms with Crippen LogP contribution in [0, 0.1) is 10.5 Å². The van der Waals surface area contributed by atoms with Crippen LogP contribution in [0.2, 0.25) is 0 Å². The highest BCUT2D eigenvalue weighted by Gasteiger charge is 2.10. The lowest BCUT2D eigenvalue weighted by Crippen LogP contribution is -2.15. The van der Waals surface area contributed by atoms with Crippen molar-refractivity contribution in [3.8, 4) is 0 Å². The predicted octanol–water partition coefficient (Wildman–Crippen LogP) is 3.25. The maximum atomic E-state index is 12.0. The molecule has 0 saturated heterocycles. The SMILES string of the molecule is Cc1cccnc1NC(=O)c1ccccc1I. The van der Waals surface area contributed by atoms with E-state index in [1.165, 1.54) is 0 Å². The van der Waals surface area contributed by atoms with Crippen molar-refractivity contribution in [1.82, 2.24) is 4.98 Å². The molecule has 2 aromatic rings. The molecule has 2 rings (SSSR count). The van der Waals surface area contributed by atoms with Crippen molar-refractivity contribution in [2.45, 2.75) is 6.92 Å². The molecule has 0 bridgehead atoms. The summed E-state index contributed by atoms with van der Waals surface area (Å²) in [6.45, 7) is 1.92. The maximum Gasteiger partial charge on any atom is 0.257 e. The Morgan fingerprint density at radius 1 is 1.24 bits per heavy atom. The number of aryl methyl sites for hydroxylation is 1. The van der Waals surface area contributed by atoms with Crippen LogP contribution in [0.15, 0.2) is 42.6 Å². The van der Waals surface area contributed by atoms with Gasteiger partial charge in [0, 0.05) is 9.77 Å². The van der Waals surface area contributed by atoms with E-state index in [1.54, 1.807) is 12.3 Å². The number of halogens is 1. The fourth-order valence-corrected chi connectivity index (χ4v) is 2.07. The number of carbonyl (C=O) groups excluding carboxylic acids is 1. The number of rotatable bonds is 2. The molecule has 0 aliphatic rings. The number of hydrogen-bond acceptors (Lipinski definition) is 2. The van der Waals surface area contributed by atoms with Gasteiger partial charge in [0.25, 0.3) is 5.91 Å². The third-order valence-electron chi connectivity index (χ3n) is 2.36. The van der Waals surface area contributed by atoms with Crippen LogP contribution in [-0.2, 0) is 0 Å². The van der Waals surface area contributed by atoms with E-state index in [0.717, 1.165) is 9.13 Å². The molecule has 4 heteroatoms. The largest absolute Gasteiger partial charge is 0.306 e. The number of aromatic nitrogens is 1. The first-order valence-electron chi connectivity index (χ1n) is 5.16. The molecule has 17 heavy (non-hydrogen) atoms. The summed E-state index contributed by atoms with van der Waals surface area (Å²) in [6, 6.07) is 11.2. The highest BCUT2D eigenvalue weighted by molar-refractivity contribution is 14.1. The summed E-state index contributed by atoms with van der Waals surface area (Å²) in [5.74, 6) is 0.481. The van der Waals surface area contributed by atoms with Crippen molar-refractivity contribution >= 4 is 34.3 Å². The fraction of sp³-hybridized carbons (Fsp3) is 0.0769. The molecule has 0 saturated carbocycles. The van der Waals surface area contributed by atoms with Gasteiger partial charge < -0.3 is 5.32 Å². The molecule has 0 aliphatic heterocycles. The number of pyridine rings is 1. The molecule has 1 aromatic heterocycles. The quantitative estimate of drug-likeness (QED) is 0.854. The zero-order valence-electron chi connectivity index (χ0n) is 9.27. The number of amides is 1. The van der Waals surface area contributed by atoms with Crippen LogP contribution in [0.5, 0.6) is 0 Å². The van der Waals surface area contributed by atoms with E-state index < -0.39 is 0 Å². The third kappa shape index (κ3) is 2.82. The number of nitrogens with one attached hydrogen (secondary N) is 1. The number of carbonyl (C=O) groups is 1. The van der Waals surface area contributed by atoms with Gasteiger partial charge in [0.05, 0.1) is 5.56 Å². The van der Waals surface area contributed by atoms with Gasteiger partial charge >= 0.3 is 0 Å². The van der Waals surface area contributed by atoms with Gasteiger partial charge in [0.15, 0.2) is 0 Å². The topological polar surface area (TPSA) is 42.0 Å². The van der Waals surface area contributed by atoms with Crippen LogP contribution in [0.3, 0.4) is 0 Å². The summed E-state index contributed by atoms with van der Waals surface area (Å²) < 4.78 is 0.927. The van der Waals surface area contributed by atoms with E-state index in [0.29, 0.717) is 11.4 Å². The van der Waals surface area contributed by atoms with E-state index in [-0.39, 0.29) is 5.91 Å². The second-order valence-electron chi connectivity index (χ2n) is 3.60. The molecule has 0 fully saturated rings. The monoisotopic (exact) mass is 338 g/mol. The van der Waals surface area contributed by atoms with E-state index in [9.17, 15) is 4.79 Å². The van der Waals surface area contributed by atoms with Gasteiger partial charge in [-0.15, -0.1) is 0 Å². The average Bonchev–Trinajstić information content (AvgIpc) is 2.32. The van der Waals surface area contributed by atoms with Crippen molar-refractivity contribution in [1.29, 1.82) is 0 Å². The molecule has 0 unspecified atom stereocenters. The molecular weight excluding hydrogens is 327 g/mol. The summed E-state index contributed by atoms with van der Waals surface area (Å²) in [7, 11) is 0. The third-order valence-corrected chi connectivity index (χ3v) is 3.30. The number of anilines is 1. The van der Waals surface area contributed by atoms with Gasteiger partial charge in [0.1, 0.15) is 5.82 Å². The summed E-state index contributed by atoms with van der Waals surface area (Å²) in [5.41, 5.74) is 1.62. The molecule has 1 aromatic carbocycles. The van der Waals surface area contributed by atoms with Gasteiger partial charge in [-0.25, -0.2) is 4.98 Å². The molecule has 1 amide bonds. The van der Waals surface area contributed by atoms with Crippen LogP contribution in [0.1, 0.15) is 15.9 Å². The minimum absolute atomic E-state index is 0.128. The highest BCUT2D eigenvalue weighted by atomic mass is 127. The van der Waals surface area contributed by atoms with Crippen LogP contribution >= 0.6 is 22.6 Å². The Morgan fingerprint density at radius 2 is 2.00 bits per heavy atom. The van der Waals surface area contributed by atoms with Crippen molar-refractivity contribution in [2.24, 2.45) is 0 Å². The van der Waals surface area contributed by atoms with Gasteiger partial charge in [-0.05, 0) is 53.3 Å². The predicted molar refractivity (Wildman–Crippen MR) is 76.1 cm³/mol. The summed E-state index contributed by atoms with van der Waals surface area (Å²) >= 11 is 2.15. The highest BCUT2D eigenvalue weighted by Crippen LogP contribution is 2.15. The van der Waals surface area contributed by atoms with Crippen molar-refractivity contribution in [2.75, 3.05) is 5.32 Å². The first-order chi connectivity index (χ1) is 8.18. The molecule has 3 nitrogen and oxygen atoms in total. The smallest absolute Gasteiger partial charge is 0.257 e. The summed E-state index contributed by atoms with van der Waals surface area (Å²) in [6.07, 6.45) is 1.67. The molecule has 0 spiro atoms. The first kappa shape index (κ1) is 12.0. The van der Waals surface area contributed by atoms with E-state index >= 15 is 0 Å². The lowest BCUT2D eigenvalue weighted by atomic mass is 10.2. The Morgan fingerprint density at radius 3 is 2.71 bits per heavy atom. The lowest BCUT2D eigenvalue weighted by molar-refractivity contribution is 0.102. The number of nitrogens with zero attached hydrogens (tertiary/aromatic N) is 1. The van der Waals surface area contributed by atoms with Crippen LogP contribution in [0.25, 0.3) is 0 Å². The van der Waals surface area contributed by atoms with Gasteiger partial charge in [-0.3, -0.25) is 4.79 Å². The molecule has 1 heterocycles. The second-order valence-corrected chi connectivity index (χ2v) is 4.77. The van der Waals surface area contributed by atoms with Crippen molar-refractivity contribution < 1.29 is 4.79 Å². The van der Waals surface area contributed by atoms with E-state index in [2.05, 4.69) is 32.9 Å². The molecule has 0 aliphatic carbocycles. The van der Waals surface area contributed by atoms with Crippen LogP contribution < -0.4 is 5.32 Å². The normalized spacial score (nSPS) is 10.0. The zero-order valence-corrected chi connectivity index (χ0v) is 11.4. The lowest BCUT2D eigenvalue weighted by Gasteiger charge is -2.07. The van der Waals surface area contributed by atoms with Crippen LogP contribution in [-0.4, -0.2) is 10.9 Å². The molecule has 0 atom stereocenters. The first-order valence-corrected chi connectivity index (χ1v) is 6.24. The number of hydrogen-bond donors (Lipinski definition) is 1. The zero-order chi connectivity index (χ0) is 12.3. The molecule has 1 N–H and O–H groups in total. The number of benzene rings is 1. The Balaban J connectivity index is 2.24. The van der Waals surface area contributed by atoms with E-state index in [4.69, 9.17) is 0 Å². The minimum Gasteiger partial charge on any atom is -0.306 e. The molecular formula is C13H11IN2O. The van der Waals surface area contributed by atoms with Crippen LogP contribution in [0.4, 0.5) is 5.82 Å². The van der Waals surface area contributed by atoms with Crippen molar-refractivity contribution in [3.05, 3.63) is 57.3 Å². The Hall–Kier alpha value is -1.43. The van der Waals surface area contributed by atoms with E-state index in [1.807, 2.05) is 37.3 Å². The van der Waals surface area contributed by atoms with Crippen molar-refractivity contribution in [3.63, 3.8) is 0 Å². The Kier molecular flexibility index (Phi) is 3.73. The van der Waals surface area contributed by atoms with Gasteiger partial charge in [-0.2, -0.15) is 0 Å². The minimum atomic E-state index is -0.128.